The van der Waals surface area contributed by atoms with Crippen molar-refractivity contribution in [3.05, 3.63) is 34.7 Å². The van der Waals surface area contributed by atoms with Gasteiger partial charge in [0, 0.05) is 20.7 Å². The summed E-state index contributed by atoms with van der Waals surface area (Å²) in [6.07, 6.45) is 1.60. The molecule has 0 unspecified atom stereocenters. The predicted octanol–water partition coefficient (Wildman–Crippen LogP) is -0.00590. The Morgan fingerprint density at radius 3 is 2.38 bits per heavy atom. The summed E-state index contributed by atoms with van der Waals surface area (Å²) >= 11 is 0. The van der Waals surface area contributed by atoms with E-state index < -0.39 is 0 Å². The molecule has 0 spiro atoms. The molecule has 0 amide bonds. The maximum absolute atomic E-state index is 10.2. The first-order chi connectivity index (χ1) is 3.39. The van der Waals surface area contributed by atoms with Gasteiger partial charge in [-0.3, -0.25) is 4.79 Å². The molecule has 3 radical (unpaired) electrons. The Morgan fingerprint density at radius 1 is 1.38 bits per heavy atom. The molecule has 0 bridgehead atoms. The van der Waals surface area contributed by atoms with Crippen LogP contribution in [0.4, 0.5) is 0 Å². The first-order valence-electron chi connectivity index (χ1n) is 2.03. The molecule has 0 saturated carbocycles. The summed E-state index contributed by atoms with van der Waals surface area (Å²) in [5.41, 5.74) is -0.0532. The molecule has 1 heterocycles. The van der Waals surface area contributed by atoms with Crippen LogP contribution < -0.4 is 5.56 Å². The Hall–Kier alpha value is -0.985. The van der Waals surface area contributed by atoms with E-state index >= 15 is 0 Å². The fourth-order valence-corrected chi connectivity index (χ4v) is 0.377. The first kappa shape index (κ1) is 7.01. The largest absolute Gasteiger partial charge is 0.329 e. The van der Waals surface area contributed by atoms with E-state index in [2.05, 4.69) is 4.98 Å². The summed E-state index contributed by atoms with van der Waals surface area (Å²) in [5, 5.41) is 0. The Bertz CT molecular complexity index is 178. The van der Waals surface area contributed by atoms with Gasteiger partial charge in [-0.15, -0.1) is 0 Å². The molecule has 1 aromatic rings. The number of pyridine rings is 1. The molecule has 2 nitrogen and oxygen atoms in total. The average Bonchev–Trinajstić information content (AvgIpc) is 1.69. The number of nitrogens with one attached hydrogen (secondary N) is 1. The van der Waals surface area contributed by atoms with Gasteiger partial charge in [-0.05, 0) is 6.07 Å². The van der Waals surface area contributed by atoms with E-state index in [-0.39, 0.29) is 14.0 Å². The molecule has 3 heteroatoms. The van der Waals surface area contributed by atoms with Gasteiger partial charge in [0.2, 0.25) is 5.56 Å². The number of hydrogen-bond acceptors (Lipinski definition) is 1. The second-order valence-electron chi connectivity index (χ2n) is 1.23. The minimum absolute atomic E-state index is 0. The van der Waals surface area contributed by atoms with E-state index in [1.165, 1.54) is 6.07 Å². The molecular weight excluding hydrogens is 101 g/mol. The van der Waals surface area contributed by atoms with Crippen LogP contribution in [0.3, 0.4) is 0 Å². The molecule has 0 aliphatic heterocycles. The Balaban J connectivity index is 0.000000490. The van der Waals surface area contributed by atoms with E-state index in [1.807, 2.05) is 0 Å². The number of aromatic amines is 1. The second kappa shape index (κ2) is 3.07. The van der Waals surface area contributed by atoms with Gasteiger partial charge in [0.05, 0.1) is 0 Å². The summed E-state index contributed by atoms with van der Waals surface area (Å²) in [6, 6.07) is 4.93. The molecule has 0 aliphatic rings. The third-order valence-corrected chi connectivity index (χ3v) is 0.681. The highest BCUT2D eigenvalue weighted by Gasteiger charge is 1.69. The molecular formula is C5H5BNO. The lowest BCUT2D eigenvalue weighted by molar-refractivity contribution is 1.24. The van der Waals surface area contributed by atoms with Gasteiger partial charge in [0.15, 0.2) is 0 Å². The number of aromatic nitrogens is 1. The summed E-state index contributed by atoms with van der Waals surface area (Å²) in [4.78, 5) is 12.7. The van der Waals surface area contributed by atoms with Gasteiger partial charge in [-0.1, -0.05) is 6.07 Å². The van der Waals surface area contributed by atoms with Gasteiger partial charge >= 0.3 is 0 Å². The van der Waals surface area contributed by atoms with E-state index in [0.29, 0.717) is 0 Å². The molecule has 8 heavy (non-hydrogen) atoms. The van der Waals surface area contributed by atoms with Gasteiger partial charge in [0.25, 0.3) is 0 Å². The van der Waals surface area contributed by atoms with Crippen LogP contribution in [0.1, 0.15) is 0 Å². The molecule has 0 aromatic carbocycles. The molecule has 1 N–H and O–H groups in total. The smallest absolute Gasteiger partial charge is 0.247 e. The van der Waals surface area contributed by atoms with Crippen LogP contribution in [-0.2, 0) is 0 Å². The molecule has 0 fully saturated rings. The quantitative estimate of drug-likeness (QED) is 0.463. The third kappa shape index (κ3) is 1.64. The number of hydrogen-bond donors (Lipinski definition) is 1. The highest BCUT2D eigenvalue weighted by atomic mass is 16.1. The molecule has 1 rings (SSSR count). The van der Waals surface area contributed by atoms with Crippen LogP contribution in [0.5, 0.6) is 0 Å². The van der Waals surface area contributed by atoms with Crippen molar-refractivity contribution in [2.75, 3.05) is 0 Å². The van der Waals surface area contributed by atoms with Crippen molar-refractivity contribution in [1.29, 1.82) is 0 Å². The van der Waals surface area contributed by atoms with E-state index in [9.17, 15) is 4.79 Å². The Kier molecular flexibility index (Phi) is 2.70. The lowest BCUT2D eigenvalue weighted by Crippen LogP contribution is -1.98. The fraction of sp³-hybridized carbons (Fsp3) is 0. The second-order valence-corrected chi connectivity index (χ2v) is 1.23. The van der Waals surface area contributed by atoms with E-state index in [4.69, 9.17) is 0 Å². The van der Waals surface area contributed by atoms with Crippen molar-refractivity contribution in [3.63, 3.8) is 0 Å². The van der Waals surface area contributed by atoms with Gasteiger partial charge in [-0.25, -0.2) is 0 Å². The minimum Gasteiger partial charge on any atom is -0.329 e. The lowest BCUT2D eigenvalue weighted by Gasteiger charge is -1.73. The van der Waals surface area contributed by atoms with Crippen LogP contribution in [0.2, 0.25) is 0 Å². The Morgan fingerprint density at radius 2 is 2.12 bits per heavy atom. The van der Waals surface area contributed by atoms with E-state index in [1.54, 1.807) is 18.3 Å². The monoisotopic (exact) mass is 106 g/mol. The van der Waals surface area contributed by atoms with Gasteiger partial charge < -0.3 is 4.98 Å². The zero-order chi connectivity index (χ0) is 5.11. The Labute approximate surface area is 49.1 Å². The molecule has 39 valence electrons. The average molecular weight is 106 g/mol. The third-order valence-electron chi connectivity index (χ3n) is 0.681. The molecule has 1 aromatic heterocycles. The SMILES string of the molecule is O=c1cccc[nH]1.[B]. The zero-order valence-corrected chi connectivity index (χ0v) is 4.29. The van der Waals surface area contributed by atoms with Crippen LogP contribution in [-0.4, -0.2) is 13.4 Å². The summed E-state index contributed by atoms with van der Waals surface area (Å²) < 4.78 is 0. The van der Waals surface area contributed by atoms with Crippen molar-refractivity contribution in [3.8, 4) is 0 Å². The minimum atomic E-state index is -0.0532. The van der Waals surface area contributed by atoms with Crippen molar-refractivity contribution < 1.29 is 0 Å². The summed E-state index contributed by atoms with van der Waals surface area (Å²) in [5.74, 6) is 0. The van der Waals surface area contributed by atoms with Gasteiger partial charge in [-0.2, -0.15) is 0 Å². The summed E-state index contributed by atoms with van der Waals surface area (Å²) in [6.45, 7) is 0. The topological polar surface area (TPSA) is 32.9 Å². The van der Waals surface area contributed by atoms with E-state index in [0.717, 1.165) is 0 Å². The fourth-order valence-electron chi connectivity index (χ4n) is 0.377. The number of rotatable bonds is 0. The molecule has 0 aliphatic carbocycles. The molecule has 0 saturated heterocycles. The van der Waals surface area contributed by atoms with Crippen LogP contribution in [0.15, 0.2) is 29.2 Å². The highest BCUT2D eigenvalue weighted by molar-refractivity contribution is 5.75. The molecule has 0 atom stereocenters. The standard InChI is InChI=1S/C5H5NO.B/c7-5-3-1-2-4-6-5;/h1-4H,(H,6,7);. The van der Waals surface area contributed by atoms with Crippen molar-refractivity contribution >= 4 is 8.41 Å². The lowest BCUT2D eigenvalue weighted by atomic mass is 10.5. The predicted molar refractivity (Wildman–Crippen MR) is 32.8 cm³/mol. The van der Waals surface area contributed by atoms with Crippen LogP contribution >= 0.6 is 0 Å². The van der Waals surface area contributed by atoms with Crippen LogP contribution in [0.25, 0.3) is 0 Å². The number of H-pyrrole nitrogens is 1. The highest BCUT2D eigenvalue weighted by Crippen LogP contribution is 1.67. The van der Waals surface area contributed by atoms with Crippen molar-refractivity contribution in [1.82, 2.24) is 4.98 Å². The summed E-state index contributed by atoms with van der Waals surface area (Å²) in [7, 11) is 0. The maximum atomic E-state index is 10.2. The zero-order valence-electron chi connectivity index (χ0n) is 4.29. The van der Waals surface area contributed by atoms with Crippen molar-refractivity contribution in [2.45, 2.75) is 0 Å². The first-order valence-corrected chi connectivity index (χ1v) is 2.03. The normalized spacial score (nSPS) is 7.50. The maximum Gasteiger partial charge on any atom is 0.247 e. The van der Waals surface area contributed by atoms with Gasteiger partial charge in [0.1, 0.15) is 0 Å². The van der Waals surface area contributed by atoms with Crippen molar-refractivity contribution in [2.24, 2.45) is 0 Å². The van der Waals surface area contributed by atoms with Crippen LogP contribution in [0, 0.1) is 0 Å².